The summed E-state index contributed by atoms with van der Waals surface area (Å²) >= 11 is 0. The Morgan fingerprint density at radius 2 is 0.900 bits per heavy atom. The normalized spacial score (nSPS) is 10.1. The number of fused-ring (bicyclic) bond motifs is 2. The molecular weight excluding hydrogens is 362 g/mol. The highest BCUT2D eigenvalue weighted by Crippen LogP contribution is 2.31. The maximum atomic E-state index is 4.38. The molecule has 1 nitrogen and oxygen atoms in total. The van der Waals surface area contributed by atoms with Crippen molar-refractivity contribution in [2.24, 2.45) is 0 Å². The maximum Gasteiger partial charge on any atom is 0.0422 e. The average molecular weight is 379 g/mol. The van der Waals surface area contributed by atoms with Crippen LogP contribution in [0, 0.1) is 23.7 Å². The molecule has 1 heteroatoms. The predicted molar refractivity (Wildman–Crippen MR) is 124 cm³/mol. The Kier molecular flexibility index (Phi) is 4.71. The Balaban J connectivity index is 1.79. The molecular formula is C29H17N. The van der Waals surface area contributed by atoms with Crippen LogP contribution in [-0.2, 0) is 0 Å². The monoisotopic (exact) mass is 379 g/mol. The molecule has 30 heavy (non-hydrogen) atoms. The molecule has 0 aliphatic carbocycles. The number of nitrogens with zero attached hydrogens (tertiary/aromatic N) is 1. The lowest BCUT2D eigenvalue weighted by Gasteiger charge is -2.10. The summed E-state index contributed by atoms with van der Waals surface area (Å²) in [6.45, 7) is 0. The molecule has 0 radical (unpaired) electrons. The van der Waals surface area contributed by atoms with Crippen molar-refractivity contribution in [1.82, 2.24) is 4.98 Å². The fraction of sp³-hybridized carbons (Fsp3) is 0. The number of hydrogen-bond donors (Lipinski definition) is 0. The summed E-state index contributed by atoms with van der Waals surface area (Å²) in [6, 6.07) is 30.5. The van der Waals surface area contributed by atoms with Crippen molar-refractivity contribution in [1.29, 1.82) is 0 Å². The van der Waals surface area contributed by atoms with Gasteiger partial charge in [-0.15, -0.1) is 0 Å². The predicted octanol–water partition coefficient (Wildman–Crippen LogP) is 6.19. The van der Waals surface area contributed by atoms with Gasteiger partial charge >= 0.3 is 0 Å². The van der Waals surface area contributed by atoms with E-state index in [2.05, 4.69) is 46.9 Å². The van der Waals surface area contributed by atoms with Gasteiger partial charge in [0.1, 0.15) is 0 Å². The molecule has 5 aromatic rings. The number of rotatable bonds is 0. The molecule has 1 heterocycles. The van der Waals surface area contributed by atoms with Gasteiger partial charge in [-0.25, -0.2) is 0 Å². The number of hydrogen-bond acceptors (Lipinski definition) is 1. The smallest absolute Gasteiger partial charge is 0.0422 e. The van der Waals surface area contributed by atoms with Crippen LogP contribution in [0.5, 0.6) is 0 Å². The maximum absolute atomic E-state index is 4.38. The third kappa shape index (κ3) is 3.42. The van der Waals surface area contributed by atoms with Crippen molar-refractivity contribution >= 4 is 21.5 Å². The van der Waals surface area contributed by atoms with E-state index in [1.165, 1.54) is 0 Å². The molecule has 4 aromatic carbocycles. The van der Waals surface area contributed by atoms with Crippen LogP contribution < -0.4 is 0 Å². The first-order chi connectivity index (χ1) is 14.9. The first kappa shape index (κ1) is 17.7. The fourth-order valence-electron chi connectivity index (χ4n) is 3.60. The summed E-state index contributed by atoms with van der Waals surface area (Å²) in [7, 11) is 0. The molecule has 0 unspecified atom stereocenters. The van der Waals surface area contributed by atoms with E-state index in [0.29, 0.717) is 0 Å². The van der Waals surface area contributed by atoms with E-state index in [1.807, 2.05) is 85.2 Å². The lowest BCUT2D eigenvalue weighted by molar-refractivity contribution is 1.36. The highest BCUT2D eigenvalue weighted by Gasteiger charge is 2.11. The minimum Gasteiger partial charge on any atom is -0.264 e. The lowest BCUT2D eigenvalue weighted by Crippen LogP contribution is -1.91. The molecule has 0 atom stereocenters. The molecule has 138 valence electrons. The van der Waals surface area contributed by atoms with E-state index in [1.54, 1.807) is 0 Å². The molecule has 0 fully saturated rings. The summed E-state index contributed by atoms with van der Waals surface area (Å²) in [5, 5.41) is 4.30. The Morgan fingerprint density at radius 1 is 0.433 bits per heavy atom. The van der Waals surface area contributed by atoms with Crippen LogP contribution in [0.4, 0.5) is 0 Å². The summed E-state index contributed by atoms with van der Waals surface area (Å²) < 4.78 is 0. The van der Waals surface area contributed by atoms with Crippen LogP contribution in [0.15, 0.2) is 103 Å². The lowest BCUT2D eigenvalue weighted by atomic mass is 9.93. The van der Waals surface area contributed by atoms with Gasteiger partial charge < -0.3 is 0 Å². The first-order valence-corrected chi connectivity index (χ1v) is 9.83. The van der Waals surface area contributed by atoms with E-state index in [9.17, 15) is 0 Å². The van der Waals surface area contributed by atoms with Crippen molar-refractivity contribution in [2.75, 3.05) is 0 Å². The zero-order valence-electron chi connectivity index (χ0n) is 16.3. The van der Waals surface area contributed by atoms with Crippen molar-refractivity contribution in [3.8, 4) is 23.7 Å². The molecule has 0 spiro atoms. The molecule has 0 aliphatic heterocycles. The third-order valence-corrected chi connectivity index (χ3v) is 5.04. The van der Waals surface area contributed by atoms with Gasteiger partial charge in [-0.2, -0.15) is 0 Å². The summed E-state index contributed by atoms with van der Waals surface area (Å²) in [5.41, 5.74) is 3.99. The van der Waals surface area contributed by atoms with Gasteiger partial charge in [0.2, 0.25) is 0 Å². The van der Waals surface area contributed by atoms with Crippen molar-refractivity contribution < 1.29 is 0 Å². The second kappa shape index (κ2) is 7.96. The third-order valence-electron chi connectivity index (χ3n) is 5.04. The zero-order valence-corrected chi connectivity index (χ0v) is 16.3. The van der Waals surface area contributed by atoms with E-state index < -0.39 is 0 Å². The number of aromatic nitrogens is 1. The highest BCUT2D eigenvalue weighted by molar-refractivity contribution is 6.09. The van der Waals surface area contributed by atoms with Crippen LogP contribution in [-0.4, -0.2) is 4.98 Å². The Hall–Kier alpha value is -4.33. The van der Waals surface area contributed by atoms with Gasteiger partial charge in [-0.3, -0.25) is 4.98 Å². The minimum absolute atomic E-state index is 0.989. The van der Waals surface area contributed by atoms with Gasteiger partial charge in [0, 0.05) is 45.4 Å². The summed E-state index contributed by atoms with van der Waals surface area (Å²) in [5.74, 6) is 13.5. The van der Waals surface area contributed by atoms with Crippen LogP contribution >= 0.6 is 0 Å². The zero-order chi connectivity index (χ0) is 20.2. The van der Waals surface area contributed by atoms with Gasteiger partial charge in [-0.1, -0.05) is 84.3 Å². The van der Waals surface area contributed by atoms with Crippen LogP contribution in [0.1, 0.15) is 22.3 Å². The van der Waals surface area contributed by atoms with Gasteiger partial charge in [-0.05, 0) is 41.1 Å². The number of pyridine rings is 1. The topological polar surface area (TPSA) is 12.9 Å². The Morgan fingerprint density at radius 3 is 1.47 bits per heavy atom. The molecule has 0 saturated carbocycles. The highest BCUT2D eigenvalue weighted by atomic mass is 14.6. The van der Waals surface area contributed by atoms with E-state index in [0.717, 1.165) is 43.8 Å². The van der Waals surface area contributed by atoms with Gasteiger partial charge in [0.05, 0.1) is 0 Å². The average Bonchev–Trinajstić information content (AvgIpc) is 2.82. The molecule has 0 saturated heterocycles. The largest absolute Gasteiger partial charge is 0.264 e. The summed E-state index contributed by atoms with van der Waals surface area (Å²) in [4.78, 5) is 4.38. The van der Waals surface area contributed by atoms with E-state index in [4.69, 9.17) is 0 Å². The summed E-state index contributed by atoms with van der Waals surface area (Å²) in [6.07, 6.45) is 3.71. The molecule has 0 amide bonds. The second-order valence-electron chi connectivity index (χ2n) is 6.95. The Labute approximate surface area is 176 Å². The van der Waals surface area contributed by atoms with E-state index >= 15 is 0 Å². The fourth-order valence-corrected chi connectivity index (χ4v) is 3.60. The second-order valence-corrected chi connectivity index (χ2v) is 6.95. The molecule has 0 aliphatic rings. The molecule has 0 N–H and O–H groups in total. The van der Waals surface area contributed by atoms with Crippen LogP contribution in [0.25, 0.3) is 21.5 Å². The van der Waals surface area contributed by atoms with Crippen LogP contribution in [0.2, 0.25) is 0 Å². The molecule has 1 aromatic heterocycles. The SMILES string of the molecule is C(#Cc1c2ccccc2c(C#Cc2ccccc2)c2cnccc12)c1ccccc1. The van der Waals surface area contributed by atoms with Crippen molar-refractivity contribution in [3.63, 3.8) is 0 Å². The molecule has 0 bridgehead atoms. The minimum atomic E-state index is 0.989. The standard InChI is InChI=1S/C29H17N/c1-3-9-22(10-4-1)15-17-26-24-13-7-8-14-25(24)27(29-21-30-20-19-28(26)29)18-16-23-11-5-2-6-12-23/h1-14,19-21H. The van der Waals surface area contributed by atoms with Crippen molar-refractivity contribution in [3.05, 3.63) is 126 Å². The quantitative estimate of drug-likeness (QED) is 0.231. The Bertz CT molecular complexity index is 1300. The van der Waals surface area contributed by atoms with Gasteiger partial charge in [0.25, 0.3) is 0 Å². The van der Waals surface area contributed by atoms with Gasteiger partial charge in [0.15, 0.2) is 0 Å². The molecule has 5 rings (SSSR count). The van der Waals surface area contributed by atoms with E-state index in [-0.39, 0.29) is 0 Å². The first-order valence-electron chi connectivity index (χ1n) is 9.83. The van der Waals surface area contributed by atoms with Crippen LogP contribution in [0.3, 0.4) is 0 Å². The van der Waals surface area contributed by atoms with Crippen molar-refractivity contribution in [2.45, 2.75) is 0 Å². The number of benzene rings is 4.